The summed E-state index contributed by atoms with van der Waals surface area (Å²) in [6.07, 6.45) is 7.64. The van der Waals surface area contributed by atoms with Gasteiger partial charge in [-0.25, -0.2) is 9.59 Å². The molecule has 0 amide bonds. The average molecular weight is 456 g/mol. The topological polar surface area (TPSA) is 139 Å². The van der Waals surface area contributed by atoms with E-state index in [0.29, 0.717) is 24.3 Å². The number of halogens is 1. The van der Waals surface area contributed by atoms with Crippen LogP contribution in [0.2, 0.25) is 0 Å². The summed E-state index contributed by atoms with van der Waals surface area (Å²) in [5, 5.41) is 19.7. The van der Waals surface area contributed by atoms with Gasteiger partial charge in [0.1, 0.15) is 0 Å². The molecule has 0 radical (unpaired) electrons. The molecule has 10 nitrogen and oxygen atoms in total. The number of hydrogen-bond donors (Lipinski definition) is 2. The number of pyridine rings is 1. The zero-order chi connectivity index (χ0) is 23.1. The quantitative estimate of drug-likeness (QED) is 0.248. The van der Waals surface area contributed by atoms with E-state index >= 15 is 0 Å². The van der Waals surface area contributed by atoms with E-state index in [2.05, 4.69) is 15.0 Å². The molecular formula is C20H26ClN3O7. The minimum Gasteiger partial charge on any atom is -0.478 e. The van der Waals surface area contributed by atoms with Crippen LogP contribution in [0.1, 0.15) is 31.7 Å². The van der Waals surface area contributed by atoms with Gasteiger partial charge in [0.15, 0.2) is 17.9 Å². The Kier molecular flexibility index (Phi) is 12.5. The molecule has 1 unspecified atom stereocenters. The Bertz CT molecular complexity index is 749. The van der Waals surface area contributed by atoms with Crippen LogP contribution in [0.25, 0.3) is 0 Å². The monoisotopic (exact) mass is 455 g/mol. The largest absolute Gasteiger partial charge is 0.478 e. The van der Waals surface area contributed by atoms with E-state index in [1.165, 1.54) is 26.2 Å². The molecule has 0 aromatic carbocycles. The lowest BCUT2D eigenvalue weighted by molar-refractivity contribution is -0.150. The van der Waals surface area contributed by atoms with Crippen molar-refractivity contribution in [2.75, 3.05) is 26.2 Å². The number of carboxylic acids is 2. The van der Waals surface area contributed by atoms with Crippen molar-refractivity contribution in [1.82, 2.24) is 9.88 Å². The number of likely N-dealkylation sites (tertiary alicyclic amines) is 1. The number of carbonyl (C=O) groups is 3. The maximum Gasteiger partial charge on any atom is 0.328 e. The number of piperidine rings is 1. The molecule has 1 saturated heterocycles. The molecule has 170 valence electrons. The third-order valence-electron chi connectivity index (χ3n) is 3.92. The molecule has 11 heteroatoms. The predicted molar refractivity (Wildman–Crippen MR) is 113 cm³/mol. The minimum absolute atomic E-state index is 0.173. The molecule has 1 fully saturated rings. The second kappa shape index (κ2) is 14.9. The molecule has 1 aromatic rings. The number of ether oxygens (including phenoxy) is 1. The summed E-state index contributed by atoms with van der Waals surface area (Å²) < 4.78 is 5.31. The van der Waals surface area contributed by atoms with Gasteiger partial charge in [-0.2, -0.15) is 0 Å². The van der Waals surface area contributed by atoms with Crippen LogP contribution in [0.5, 0.6) is 0 Å². The number of esters is 1. The normalized spacial score (nSPS) is 15.5. The summed E-state index contributed by atoms with van der Waals surface area (Å²) in [6, 6.07) is 3.56. The van der Waals surface area contributed by atoms with Crippen molar-refractivity contribution in [3.05, 3.63) is 42.2 Å². The summed E-state index contributed by atoms with van der Waals surface area (Å²) in [6.45, 7) is 4.27. The lowest BCUT2D eigenvalue weighted by Crippen LogP contribution is -2.40. The number of aromatic nitrogens is 1. The first-order valence-corrected chi connectivity index (χ1v) is 9.95. The van der Waals surface area contributed by atoms with Gasteiger partial charge in [0, 0.05) is 43.6 Å². The summed E-state index contributed by atoms with van der Waals surface area (Å²) in [4.78, 5) is 41.9. The number of nitrogens with zero attached hydrogens (tertiary/aromatic N) is 3. The third kappa shape index (κ3) is 13.0. The Morgan fingerprint density at radius 1 is 1.23 bits per heavy atom. The van der Waals surface area contributed by atoms with Gasteiger partial charge in [-0.1, -0.05) is 23.2 Å². The maximum absolute atomic E-state index is 11.2. The van der Waals surface area contributed by atoms with Crippen LogP contribution in [-0.4, -0.2) is 75.5 Å². The number of rotatable bonds is 9. The van der Waals surface area contributed by atoms with Gasteiger partial charge in [-0.15, -0.1) is 0 Å². The Morgan fingerprint density at radius 2 is 1.87 bits per heavy atom. The molecule has 31 heavy (non-hydrogen) atoms. The molecule has 0 aliphatic carbocycles. The molecule has 0 spiro atoms. The van der Waals surface area contributed by atoms with Crippen LogP contribution in [0.3, 0.4) is 0 Å². The third-order valence-corrected chi connectivity index (χ3v) is 4.20. The number of aliphatic carboxylic acids is 2. The van der Waals surface area contributed by atoms with Gasteiger partial charge >= 0.3 is 17.9 Å². The second-order valence-corrected chi connectivity index (χ2v) is 6.88. The summed E-state index contributed by atoms with van der Waals surface area (Å²) in [5.41, 5.74) is 0.675. The molecular weight excluding hydrogens is 430 g/mol. The van der Waals surface area contributed by atoms with Crippen LogP contribution >= 0.6 is 11.6 Å². The van der Waals surface area contributed by atoms with E-state index in [9.17, 15) is 14.4 Å². The predicted octanol–water partition coefficient (Wildman–Crippen LogP) is 2.13. The van der Waals surface area contributed by atoms with Crippen molar-refractivity contribution >= 4 is 34.7 Å². The van der Waals surface area contributed by atoms with Crippen LogP contribution in [0.4, 0.5) is 0 Å². The Labute approximate surface area is 185 Å². The average Bonchev–Trinajstić information content (AvgIpc) is 2.73. The fraction of sp³-hybridized carbons (Fsp3) is 0.450. The summed E-state index contributed by atoms with van der Waals surface area (Å²) in [7, 11) is 0. The molecule has 1 aromatic heterocycles. The molecule has 1 aliphatic heterocycles. The smallest absolute Gasteiger partial charge is 0.328 e. The number of hydrogen-bond acceptors (Lipinski definition) is 8. The van der Waals surface area contributed by atoms with Crippen molar-refractivity contribution in [1.29, 1.82) is 0 Å². The van der Waals surface area contributed by atoms with Crippen LogP contribution in [-0.2, 0) is 24.0 Å². The van der Waals surface area contributed by atoms with Gasteiger partial charge in [0.2, 0.25) is 0 Å². The van der Waals surface area contributed by atoms with Gasteiger partial charge in [-0.05, 0) is 38.1 Å². The molecule has 2 N–H and O–H groups in total. The zero-order valence-electron chi connectivity index (χ0n) is 17.1. The second-order valence-electron chi connectivity index (χ2n) is 6.52. The number of carboxylic acid groups (broad SMARTS) is 2. The van der Waals surface area contributed by atoms with Crippen molar-refractivity contribution < 1.29 is 34.2 Å². The first-order valence-electron chi connectivity index (χ1n) is 9.57. The zero-order valence-corrected chi connectivity index (χ0v) is 17.9. The lowest BCUT2D eigenvalue weighted by Gasteiger charge is -2.29. The Balaban J connectivity index is 0.000000512. The Morgan fingerprint density at radius 3 is 2.39 bits per heavy atom. The lowest BCUT2D eigenvalue weighted by atomic mass is 10.1. The van der Waals surface area contributed by atoms with Crippen LogP contribution in [0, 0.1) is 0 Å². The van der Waals surface area contributed by atoms with Crippen molar-refractivity contribution in [2.45, 2.75) is 32.3 Å². The van der Waals surface area contributed by atoms with Gasteiger partial charge in [0.05, 0.1) is 0 Å². The SMILES string of the molecule is CC(=O)OC(CON=C(Cl)c1cccnc1)CN1CCCCC1.O=C(O)/C=C\C(=O)O. The molecule has 1 aliphatic rings. The van der Waals surface area contributed by atoms with Gasteiger partial charge < -0.3 is 19.8 Å². The fourth-order valence-electron chi connectivity index (χ4n) is 2.65. The number of carbonyl (C=O) groups excluding carboxylic acids is 1. The van der Waals surface area contributed by atoms with Crippen LogP contribution in [0.15, 0.2) is 41.8 Å². The molecule has 0 saturated carbocycles. The highest BCUT2D eigenvalue weighted by molar-refractivity contribution is 6.69. The summed E-state index contributed by atoms with van der Waals surface area (Å²) >= 11 is 6.05. The highest BCUT2D eigenvalue weighted by Crippen LogP contribution is 2.11. The molecule has 2 heterocycles. The van der Waals surface area contributed by atoms with E-state index < -0.39 is 11.9 Å². The highest BCUT2D eigenvalue weighted by Gasteiger charge is 2.19. The fourth-order valence-corrected chi connectivity index (χ4v) is 2.81. The van der Waals surface area contributed by atoms with E-state index in [0.717, 1.165) is 13.1 Å². The van der Waals surface area contributed by atoms with Crippen molar-refractivity contribution in [3.63, 3.8) is 0 Å². The van der Waals surface area contributed by atoms with Crippen molar-refractivity contribution in [2.24, 2.45) is 5.16 Å². The van der Waals surface area contributed by atoms with E-state index in [-0.39, 0.29) is 23.9 Å². The molecule has 1 atom stereocenters. The van der Waals surface area contributed by atoms with Crippen molar-refractivity contribution in [3.8, 4) is 0 Å². The highest BCUT2D eigenvalue weighted by atomic mass is 35.5. The standard InChI is InChI=1S/C16H22ClN3O3.C4H4O4/c1-13(21)23-15(11-20-8-3-2-4-9-20)12-22-19-16(17)14-6-5-7-18-10-14;5-3(6)1-2-4(7)8/h5-7,10,15H,2-4,8-9,11-12H2,1H3;1-2H,(H,5,6)(H,7,8)/b;2-1-. The van der Waals surface area contributed by atoms with E-state index in [1.54, 1.807) is 24.5 Å². The Hall–Kier alpha value is -2.98. The van der Waals surface area contributed by atoms with E-state index in [1.807, 2.05) is 0 Å². The summed E-state index contributed by atoms with van der Waals surface area (Å²) in [5.74, 6) is -2.84. The van der Waals surface area contributed by atoms with Crippen LogP contribution < -0.4 is 0 Å². The molecule has 2 rings (SSSR count). The minimum atomic E-state index is -1.26. The number of oxime groups is 1. The van der Waals surface area contributed by atoms with Gasteiger partial charge in [-0.3, -0.25) is 14.7 Å². The molecule has 0 bridgehead atoms. The first-order chi connectivity index (χ1) is 14.8. The van der Waals surface area contributed by atoms with E-state index in [4.69, 9.17) is 31.4 Å². The van der Waals surface area contributed by atoms with Gasteiger partial charge in [0.25, 0.3) is 0 Å². The first kappa shape index (κ1) is 26.1. The maximum atomic E-state index is 11.2.